The van der Waals surface area contributed by atoms with Crippen molar-refractivity contribution in [3.05, 3.63) is 23.0 Å². The van der Waals surface area contributed by atoms with Gasteiger partial charge in [-0.2, -0.15) is 13.5 Å². The van der Waals surface area contributed by atoms with Crippen LogP contribution >= 0.6 is 11.3 Å². The third-order valence-electron chi connectivity index (χ3n) is 2.19. The highest BCUT2D eigenvalue weighted by Gasteiger charge is 2.11. The van der Waals surface area contributed by atoms with Crippen molar-refractivity contribution in [2.24, 2.45) is 18.0 Å². The van der Waals surface area contributed by atoms with Crippen LogP contribution in [0.2, 0.25) is 0 Å². The molecule has 16 heavy (non-hydrogen) atoms. The van der Waals surface area contributed by atoms with E-state index in [1.165, 1.54) is 23.5 Å². The Hall–Kier alpha value is -1.38. The zero-order valence-electron chi connectivity index (χ0n) is 8.28. The maximum absolute atomic E-state index is 10.9. The predicted molar refractivity (Wildman–Crippen MR) is 60.4 cm³/mol. The number of hydrogen-bond acceptors (Lipinski definition) is 5. The van der Waals surface area contributed by atoms with Crippen molar-refractivity contribution in [1.82, 2.24) is 4.57 Å². The lowest BCUT2D eigenvalue weighted by molar-refractivity contribution is 0.483. The van der Waals surface area contributed by atoms with E-state index >= 15 is 0 Å². The summed E-state index contributed by atoms with van der Waals surface area (Å²) in [5.74, 6) is 5.19. The number of benzene rings is 1. The molecule has 0 fully saturated rings. The molecule has 6 nitrogen and oxygen atoms in total. The standard InChI is InChI=1S/C8H9N3O3S2/c1-11-6-3-2-5(16(12,13)14)4-7(6)15-8(11)10-9/h2-4H,9H2,1H3,(H,12,13,14)/b10-8-. The van der Waals surface area contributed by atoms with Crippen molar-refractivity contribution in [2.75, 3.05) is 0 Å². The average Bonchev–Trinajstić information content (AvgIpc) is 2.54. The Balaban J connectivity index is 2.84. The molecule has 1 aromatic carbocycles. The number of hydrogen-bond donors (Lipinski definition) is 2. The summed E-state index contributed by atoms with van der Waals surface area (Å²) in [5, 5.41) is 3.57. The van der Waals surface area contributed by atoms with Gasteiger partial charge < -0.3 is 10.4 Å². The van der Waals surface area contributed by atoms with Gasteiger partial charge in [-0.15, -0.1) is 0 Å². The molecule has 0 saturated carbocycles. The Labute approximate surface area is 95.4 Å². The average molecular weight is 259 g/mol. The number of nitrogens with zero attached hydrogens (tertiary/aromatic N) is 2. The van der Waals surface area contributed by atoms with Crippen molar-refractivity contribution < 1.29 is 13.0 Å². The number of aromatic nitrogens is 1. The van der Waals surface area contributed by atoms with E-state index in [1.807, 2.05) is 0 Å². The van der Waals surface area contributed by atoms with E-state index in [4.69, 9.17) is 10.4 Å². The highest BCUT2D eigenvalue weighted by atomic mass is 32.2. The molecule has 0 atom stereocenters. The molecule has 0 bridgehead atoms. The van der Waals surface area contributed by atoms with Crippen LogP contribution in [-0.4, -0.2) is 17.5 Å². The van der Waals surface area contributed by atoms with E-state index in [-0.39, 0.29) is 4.90 Å². The lowest BCUT2D eigenvalue weighted by Gasteiger charge is -1.97. The number of aryl methyl sites for hydroxylation is 1. The van der Waals surface area contributed by atoms with Gasteiger partial charge in [0.05, 0.1) is 15.1 Å². The number of thiazole rings is 1. The summed E-state index contributed by atoms with van der Waals surface area (Å²) >= 11 is 1.25. The van der Waals surface area contributed by atoms with Crippen LogP contribution in [0.3, 0.4) is 0 Å². The first-order valence-electron chi connectivity index (χ1n) is 4.24. The van der Waals surface area contributed by atoms with Crippen LogP contribution < -0.4 is 10.6 Å². The van der Waals surface area contributed by atoms with Crippen molar-refractivity contribution in [3.8, 4) is 0 Å². The zero-order valence-corrected chi connectivity index (χ0v) is 9.92. The monoisotopic (exact) mass is 259 g/mol. The Kier molecular flexibility index (Phi) is 2.49. The first kappa shape index (κ1) is 11.1. The molecule has 86 valence electrons. The van der Waals surface area contributed by atoms with Crippen LogP contribution in [0, 0.1) is 0 Å². The van der Waals surface area contributed by atoms with E-state index < -0.39 is 10.1 Å². The molecule has 1 aromatic heterocycles. The molecular formula is C8H9N3O3S2. The van der Waals surface area contributed by atoms with E-state index in [9.17, 15) is 8.42 Å². The normalized spacial score (nSPS) is 13.5. The number of nitrogens with two attached hydrogens (primary N) is 1. The van der Waals surface area contributed by atoms with Gasteiger partial charge in [0.15, 0.2) is 0 Å². The second kappa shape index (κ2) is 3.58. The lowest BCUT2D eigenvalue weighted by Crippen LogP contribution is -2.12. The first-order valence-corrected chi connectivity index (χ1v) is 6.50. The first-order chi connectivity index (χ1) is 7.43. The maximum Gasteiger partial charge on any atom is 0.294 e. The third kappa shape index (κ3) is 1.70. The fraction of sp³-hybridized carbons (Fsp3) is 0.125. The minimum Gasteiger partial charge on any atom is -0.320 e. The van der Waals surface area contributed by atoms with Gasteiger partial charge in [-0.25, -0.2) is 0 Å². The molecule has 2 aromatic rings. The van der Waals surface area contributed by atoms with Gasteiger partial charge in [0.1, 0.15) is 0 Å². The van der Waals surface area contributed by atoms with Crippen LogP contribution in [0.4, 0.5) is 0 Å². The summed E-state index contributed by atoms with van der Waals surface area (Å²) in [6.45, 7) is 0. The van der Waals surface area contributed by atoms with Crippen molar-refractivity contribution in [3.63, 3.8) is 0 Å². The Morgan fingerprint density at radius 1 is 1.50 bits per heavy atom. The molecule has 3 N–H and O–H groups in total. The highest BCUT2D eigenvalue weighted by molar-refractivity contribution is 7.85. The van der Waals surface area contributed by atoms with Crippen molar-refractivity contribution >= 4 is 31.7 Å². The third-order valence-corrected chi connectivity index (χ3v) is 4.15. The molecule has 0 unspecified atom stereocenters. The van der Waals surface area contributed by atoms with Gasteiger partial charge in [-0.05, 0) is 18.2 Å². The topological polar surface area (TPSA) is 97.7 Å². The lowest BCUT2D eigenvalue weighted by atomic mass is 10.3. The van der Waals surface area contributed by atoms with Crippen molar-refractivity contribution in [2.45, 2.75) is 4.90 Å². The zero-order chi connectivity index (χ0) is 11.9. The Bertz CT molecular complexity index is 712. The molecular weight excluding hydrogens is 250 g/mol. The Morgan fingerprint density at radius 2 is 2.19 bits per heavy atom. The van der Waals surface area contributed by atoms with Crippen molar-refractivity contribution in [1.29, 1.82) is 0 Å². The van der Waals surface area contributed by atoms with Gasteiger partial charge in [0.25, 0.3) is 10.1 Å². The molecule has 0 aliphatic rings. The minimum absolute atomic E-state index is 0.134. The van der Waals surface area contributed by atoms with Crippen LogP contribution in [0.25, 0.3) is 10.2 Å². The molecule has 0 aliphatic carbocycles. The highest BCUT2D eigenvalue weighted by Crippen LogP contribution is 2.20. The molecule has 1 heterocycles. The van der Waals surface area contributed by atoms with E-state index in [1.54, 1.807) is 17.7 Å². The van der Waals surface area contributed by atoms with E-state index in [0.29, 0.717) is 9.50 Å². The van der Waals surface area contributed by atoms with E-state index in [0.717, 1.165) is 5.52 Å². The summed E-state index contributed by atoms with van der Waals surface area (Å²) in [6, 6.07) is 4.33. The number of fused-ring (bicyclic) bond motifs is 1. The summed E-state index contributed by atoms with van der Waals surface area (Å²) in [6.07, 6.45) is 0. The molecule has 8 heteroatoms. The second-order valence-corrected chi connectivity index (χ2v) is 5.61. The summed E-state index contributed by atoms with van der Waals surface area (Å²) < 4.78 is 33.2. The van der Waals surface area contributed by atoms with Gasteiger partial charge >= 0.3 is 0 Å². The van der Waals surface area contributed by atoms with Gasteiger partial charge in [0.2, 0.25) is 4.80 Å². The molecule has 0 amide bonds. The summed E-state index contributed by atoms with van der Waals surface area (Å²) in [7, 11) is -2.39. The fourth-order valence-corrected chi connectivity index (χ4v) is 2.96. The van der Waals surface area contributed by atoms with Crippen LogP contribution in [0.5, 0.6) is 0 Å². The molecule has 0 radical (unpaired) electrons. The van der Waals surface area contributed by atoms with Gasteiger partial charge in [-0.3, -0.25) is 4.55 Å². The van der Waals surface area contributed by atoms with Crippen LogP contribution in [0.15, 0.2) is 28.2 Å². The van der Waals surface area contributed by atoms with Gasteiger partial charge in [-0.1, -0.05) is 11.3 Å². The summed E-state index contributed by atoms with van der Waals surface area (Å²) in [5.41, 5.74) is 0.807. The molecule has 0 spiro atoms. The van der Waals surface area contributed by atoms with Gasteiger partial charge in [0, 0.05) is 7.05 Å². The SMILES string of the molecule is Cn1/c(=N/N)sc2cc(S(=O)(=O)O)ccc21. The predicted octanol–water partition coefficient (Wildman–Crippen LogP) is 0.261. The minimum atomic E-state index is -4.17. The smallest absolute Gasteiger partial charge is 0.294 e. The van der Waals surface area contributed by atoms with E-state index in [2.05, 4.69) is 5.10 Å². The summed E-state index contributed by atoms with van der Waals surface area (Å²) in [4.78, 5) is 0.438. The fourth-order valence-electron chi connectivity index (χ4n) is 1.40. The molecule has 0 aliphatic heterocycles. The molecule has 0 saturated heterocycles. The number of rotatable bonds is 1. The largest absolute Gasteiger partial charge is 0.320 e. The molecule has 2 rings (SSSR count). The van der Waals surface area contributed by atoms with Crippen LogP contribution in [0.1, 0.15) is 0 Å². The van der Waals surface area contributed by atoms with Crippen LogP contribution in [-0.2, 0) is 17.2 Å². The maximum atomic E-state index is 10.9. The quantitative estimate of drug-likeness (QED) is 0.436. The second-order valence-electron chi connectivity index (χ2n) is 3.18. The Morgan fingerprint density at radius 3 is 2.75 bits per heavy atom.